The Labute approximate surface area is 180 Å². The van der Waals surface area contributed by atoms with Crippen molar-refractivity contribution in [2.24, 2.45) is 0 Å². The summed E-state index contributed by atoms with van der Waals surface area (Å²) in [6.45, 7) is 8.39. The van der Waals surface area contributed by atoms with Crippen molar-refractivity contribution >= 4 is 34.2 Å². The largest absolute Gasteiger partial charge is 0.322 e. The average Bonchev–Trinajstić information content (AvgIpc) is 3.13. The second kappa shape index (κ2) is 7.58. The maximum atomic E-state index is 12.6. The molecule has 152 valence electrons. The first kappa shape index (κ1) is 20.1. The highest BCUT2D eigenvalue weighted by Crippen LogP contribution is 2.24. The van der Waals surface area contributed by atoms with E-state index in [0.717, 1.165) is 16.8 Å². The van der Waals surface area contributed by atoms with Gasteiger partial charge in [-0.05, 0) is 65.9 Å². The SMILES string of the molecule is Cc1ccc(-n2nc3ccc(NC(=O)c4ccc(C(C)(C)C)cc4)cc3n2)cc1Cl. The highest BCUT2D eigenvalue weighted by molar-refractivity contribution is 6.31. The Kier molecular flexibility index (Phi) is 5.08. The predicted molar refractivity (Wildman–Crippen MR) is 122 cm³/mol. The molecule has 0 saturated carbocycles. The number of aromatic nitrogens is 3. The lowest BCUT2D eigenvalue weighted by atomic mass is 9.87. The number of rotatable bonds is 3. The van der Waals surface area contributed by atoms with Crippen molar-refractivity contribution in [2.45, 2.75) is 33.1 Å². The van der Waals surface area contributed by atoms with Gasteiger partial charge < -0.3 is 5.32 Å². The van der Waals surface area contributed by atoms with Gasteiger partial charge in [-0.1, -0.05) is 50.6 Å². The van der Waals surface area contributed by atoms with Crippen molar-refractivity contribution in [3.63, 3.8) is 0 Å². The Bertz CT molecular complexity index is 1240. The molecule has 0 radical (unpaired) electrons. The summed E-state index contributed by atoms with van der Waals surface area (Å²) < 4.78 is 0. The van der Waals surface area contributed by atoms with E-state index in [1.165, 1.54) is 5.56 Å². The van der Waals surface area contributed by atoms with E-state index in [1.54, 1.807) is 4.80 Å². The molecule has 4 aromatic rings. The van der Waals surface area contributed by atoms with E-state index >= 15 is 0 Å². The third kappa shape index (κ3) is 4.07. The molecule has 1 N–H and O–H groups in total. The van der Waals surface area contributed by atoms with Gasteiger partial charge in [-0.15, -0.1) is 10.2 Å². The lowest BCUT2D eigenvalue weighted by molar-refractivity contribution is 0.102. The van der Waals surface area contributed by atoms with E-state index in [0.29, 0.717) is 21.8 Å². The van der Waals surface area contributed by atoms with Crippen LogP contribution in [0.5, 0.6) is 0 Å². The van der Waals surface area contributed by atoms with Crippen LogP contribution in [0.1, 0.15) is 42.3 Å². The maximum absolute atomic E-state index is 12.6. The van der Waals surface area contributed by atoms with Crippen LogP contribution in [0.4, 0.5) is 5.69 Å². The number of carbonyl (C=O) groups excluding carboxylic acids is 1. The van der Waals surface area contributed by atoms with Gasteiger partial charge in [0.1, 0.15) is 11.0 Å². The molecule has 0 saturated heterocycles. The summed E-state index contributed by atoms with van der Waals surface area (Å²) in [5, 5.41) is 12.6. The van der Waals surface area contributed by atoms with Gasteiger partial charge in [-0.3, -0.25) is 4.79 Å². The second-order valence-corrected chi connectivity index (χ2v) is 8.82. The second-order valence-electron chi connectivity index (χ2n) is 8.41. The van der Waals surface area contributed by atoms with E-state index < -0.39 is 0 Å². The van der Waals surface area contributed by atoms with Gasteiger partial charge in [-0.2, -0.15) is 4.80 Å². The Morgan fingerprint density at radius 3 is 2.30 bits per heavy atom. The summed E-state index contributed by atoms with van der Waals surface area (Å²) >= 11 is 6.22. The quantitative estimate of drug-likeness (QED) is 0.448. The van der Waals surface area contributed by atoms with Crippen molar-refractivity contribution in [3.05, 3.63) is 82.4 Å². The topological polar surface area (TPSA) is 59.8 Å². The zero-order chi connectivity index (χ0) is 21.5. The third-order valence-electron chi connectivity index (χ3n) is 5.04. The number of carbonyl (C=O) groups is 1. The number of halogens is 1. The van der Waals surface area contributed by atoms with E-state index in [9.17, 15) is 4.79 Å². The number of aryl methyl sites for hydroxylation is 1. The third-order valence-corrected chi connectivity index (χ3v) is 5.44. The van der Waals surface area contributed by atoms with Crippen LogP contribution in [0.25, 0.3) is 16.7 Å². The fourth-order valence-electron chi connectivity index (χ4n) is 3.14. The van der Waals surface area contributed by atoms with Crippen molar-refractivity contribution in [2.75, 3.05) is 5.32 Å². The Hall–Kier alpha value is -3.18. The molecule has 1 heterocycles. The Balaban J connectivity index is 1.56. The standard InChI is InChI=1S/C24H23ClN4O/c1-15-5-11-19(14-20(15)25)29-27-21-12-10-18(13-22(21)28-29)26-23(30)16-6-8-17(9-7-16)24(2,3)4/h5-14H,1-4H3,(H,26,30). The molecule has 0 aliphatic carbocycles. The van der Waals surface area contributed by atoms with Crippen molar-refractivity contribution in [1.29, 1.82) is 0 Å². The van der Waals surface area contributed by atoms with E-state index in [-0.39, 0.29) is 11.3 Å². The van der Waals surface area contributed by atoms with Gasteiger partial charge in [0.2, 0.25) is 0 Å². The van der Waals surface area contributed by atoms with Crippen molar-refractivity contribution in [3.8, 4) is 5.69 Å². The molecule has 3 aromatic carbocycles. The normalized spacial score (nSPS) is 11.6. The minimum Gasteiger partial charge on any atom is -0.322 e. The van der Waals surface area contributed by atoms with Gasteiger partial charge in [0.15, 0.2) is 0 Å². The van der Waals surface area contributed by atoms with Crippen LogP contribution in [0.2, 0.25) is 5.02 Å². The summed E-state index contributed by atoms with van der Waals surface area (Å²) in [5.74, 6) is -0.160. The molecule has 4 rings (SSSR count). The number of fused-ring (bicyclic) bond motifs is 1. The Morgan fingerprint density at radius 1 is 0.933 bits per heavy atom. The molecule has 1 aromatic heterocycles. The summed E-state index contributed by atoms with van der Waals surface area (Å²) in [6, 6.07) is 18.9. The number of nitrogens with one attached hydrogen (secondary N) is 1. The maximum Gasteiger partial charge on any atom is 0.255 e. The van der Waals surface area contributed by atoms with Crippen LogP contribution in [0.15, 0.2) is 60.7 Å². The van der Waals surface area contributed by atoms with Gasteiger partial charge in [-0.25, -0.2) is 0 Å². The van der Waals surface area contributed by atoms with Gasteiger partial charge in [0.05, 0.1) is 5.69 Å². The lowest BCUT2D eigenvalue weighted by Gasteiger charge is -2.19. The fourth-order valence-corrected chi connectivity index (χ4v) is 3.31. The van der Waals surface area contributed by atoms with E-state index in [1.807, 2.05) is 67.6 Å². The number of hydrogen-bond donors (Lipinski definition) is 1. The zero-order valence-corrected chi connectivity index (χ0v) is 18.2. The fraction of sp³-hybridized carbons (Fsp3) is 0.208. The predicted octanol–water partition coefficient (Wildman–Crippen LogP) is 5.93. The number of hydrogen-bond acceptors (Lipinski definition) is 3. The summed E-state index contributed by atoms with van der Waals surface area (Å²) in [5.41, 5.74) is 5.72. The summed E-state index contributed by atoms with van der Waals surface area (Å²) in [6.07, 6.45) is 0. The minimum absolute atomic E-state index is 0.0492. The smallest absolute Gasteiger partial charge is 0.255 e. The van der Waals surface area contributed by atoms with Crippen LogP contribution in [-0.2, 0) is 5.41 Å². The highest BCUT2D eigenvalue weighted by atomic mass is 35.5. The first-order valence-corrected chi connectivity index (χ1v) is 10.1. The molecular formula is C24H23ClN4O. The molecule has 0 unspecified atom stereocenters. The molecular weight excluding hydrogens is 396 g/mol. The number of nitrogens with zero attached hydrogens (tertiary/aromatic N) is 3. The van der Waals surface area contributed by atoms with Crippen LogP contribution in [0, 0.1) is 6.92 Å². The summed E-state index contributed by atoms with van der Waals surface area (Å²) in [7, 11) is 0. The van der Waals surface area contributed by atoms with Crippen LogP contribution in [0.3, 0.4) is 0 Å². The zero-order valence-electron chi connectivity index (χ0n) is 17.4. The first-order valence-electron chi connectivity index (χ1n) is 9.76. The van der Waals surface area contributed by atoms with Gasteiger partial charge >= 0.3 is 0 Å². The van der Waals surface area contributed by atoms with Crippen LogP contribution >= 0.6 is 11.6 Å². The number of anilines is 1. The highest BCUT2D eigenvalue weighted by Gasteiger charge is 2.15. The monoisotopic (exact) mass is 418 g/mol. The molecule has 0 bridgehead atoms. The molecule has 0 aliphatic rings. The summed E-state index contributed by atoms with van der Waals surface area (Å²) in [4.78, 5) is 14.2. The molecule has 30 heavy (non-hydrogen) atoms. The molecule has 0 spiro atoms. The van der Waals surface area contributed by atoms with Gasteiger partial charge in [0, 0.05) is 16.3 Å². The molecule has 0 fully saturated rings. The van der Waals surface area contributed by atoms with Crippen LogP contribution < -0.4 is 5.32 Å². The number of benzene rings is 3. The van der Waals surface area contributed by atoms with Crippen molar-refractivity contribution in [1.82, 2.24) is 15.0 Å². The lowest BCUT2D eigenvalue weighted by Crippen LogP contribution is -2.14. The molecule has 5 nitrogen and oxygen atoms in total. The Morgan fingerprint density at radius 2 is 1.63 bits per heavy atom. The van der Waals surface area contributed by atoms with E-state index in [2.05, 4.69) is 36.3 Å². The first-order chi connectivity index (χ1) is 14.2. The van der Waals surface area contributed by atoms with Crippen molar-refractivity contribution < 1.29 is 4.79 Å². The molecule has 6 heteroatoms. The minimum atomic E-state index is -0.160. The molecule has 0 atom stereocenters. The van der Waals surface area contributed by atoms with E-state index in [4.69, 9.17) is 11.6 Å². The molecule has 1 amide bonds. The number of amides is 1. The van der Waals surface area contributed by atoms with Gasteiger partial charge in [0.25, 0.3) is 5.91 Å². The van der Waals surface area contributed by atoms with Crippen LogP contribution in [-0.4, -0.2) is 20.9 Å². The molecule has 0 aliphatic heterocycles. The average molecular weight is 419 g/mol.